The van der Waals surface area contributed by atoms with E-state index in [0.29, 0.717) is 11.1 Å². The molecule has 1 heterocycles. The number of para-hydroxylation sites is 2. The van der Waals surface area contributed by atoms with Gasteiger partial charge in [-0.15, -0.1) is 0 Å². The van der Waals surface area contributed by atoms with Crippen molar-refractivity contribution >= 4 is 50.6 Å². The normalized spacial score (nSPS) is 11.3. The van der Waals surface area contributed by atoms with Crippen LogP contribution in [0.5, 0.6) is 0 Å². The summed E-state index contributed by atoms with van der Waals surface area (Å²) >= 11 is 0. The van der Waals surface area contributed by atoms with Crippen LogP contribution >= 0.6 is 0 Å². The fourth-order valence-corrected chi connectivity index (χ4v) is 12.1. The summed E-state index contributed by atoms with van der Waals surface area (Å²) in [5.74, 6) is 0. The van der Waals surface area contributed by atoms with Crippen LogP contribution in [0.2, 0.25) is 0 Å². The molecule has 0 spiro atoms. The highest BCUT2D eigenvalue weighted by molar-refractivity contribution is 7.19. The van der Waals surface area contributed by atoms with Crippen molar-refractivity contribution in [1.82, 2.24) is 4.57 Å². The molecule has 0 saturated carbocycles. The van der Waals surface area contributed by atoms with Gasteiger partial charge in [0.05, 0.1) is 34.3 Å². The first-order valence-corrected chi connectivity index (χ1v) is 18.0. The fourth-order valence-electron chi connectivity index (χ4n) is 7.36. The average molecular weight is 628 g/mol. The molecule has 4 heteroatoms. The minimum atomic E-state index is -2.83. The summed E-state index contributed by atoms with van der Waals surface area (Å²) in [5, 5.41) is 28.2. The summed E-state index contributed by atoms with van der Waals surface area (Å²) in [6.45, 7) is 0. The molecule has 0 atom stereocenters. The standard InChI is InChI=1S/C44H29N3Si/c45-30-32-24-25-34(47-43-22-12-10-20-40(43)41-21-11-13-23-44(41)47)29-42(32)39-27-26-38(28-33(39)31-46)48(35-14-4-1-5-15-35,36-16-6-2-7-17-36)37-18-8-3-9-19-37/h1-29H. The van der Waals surface area contributed by atoms with E-state index in [4.69, 9.17) is 0 Å². The van der Waals surface area contributed by atoms with E-state index in [0.717, 1.165) is 33.0 Å². The Balaban J connectivity index is 1.37. The molecule has 8 aromatic rings. The number of nitriles is 2. The average Bonchev–Trinajstić information content (AvgIpc) is 3.50. The molecule has 0 aliphatic carbocycles. The number of hydrogen-bond acceptors (Lipinski definition) is 2. The Morgan fingerprint density at radius 2 is 0.875 bits per heavy atom. The van der Waals surface area contributed by atoms with Crippen molar-refractivity contribution in [2.45, 2.75) is 0 Å². The van der Waals surface area contributed by atoms with Crippen molar-refractivity contribution in [2.75, 3.05) is 0 Å². The quantitative estimate of drug-likeness (QED) is 0.141. The van der Waals surface area contributed by atoms with E-state index in [1.165, 1.54) is 26.3 Å². The number of fused-ring (bicyclic) bond motifs is 3. The maximum atomic E-state index is 10.8. The Bertz CT molecular complexity index is 2370. The van der Waals surface area contributed by atoms with Crippen molar-refractivity contribution in [3.63, 3.8) is 0 Å². The molecule has 0 bridgehead atoms. The molecule has 1 aromatic heterocycles. The van der Waals surface area contributed by atoms with Crippen LogP contribution in [0.25, 0.3) is 38.6 Å². The predicted molar refractivity (Wildman–Crippen MR) is 199 cm³/mol. The van der Waals surface area contributed by atoms with Gasteiger partial charge in [0, 0.05) is 27.6 Å². The van der Waals surface area contributed by atoms with Crippen LogP contribution in [-0.4, -0.2) is 12.6 Å². The molecule has 7 aromatic carbocycles. The van der Waals surface area contributed by atoms with E-state index < -0.39 is 8.07 Å². The lowest BCUT2D eigenvalue weighted by Gasteiger charge is -2.34. The van der Waals surface area contributed by atoms with E-state index in [9.17, 15) is 10.5 Å². The highest BCUT2D eigenvalue weighted by Crippen LogP contribution is 2.35. The van der Waals surface area contributed by atoms with E-state index >= 15 is 0 Å². The van der Waals surface area contributed by atoms with Gasteiger partial charge in [-0.05, 0) is 57.1 Å². The summed E-state index contributed by atoms with van der Waals surface area (Å²) in [6.07, 6.45) is 0. The van der Waals surface area contributed by atoms with Gasteiger partial charge < -0.3 is 4.57 Å². The molecular weight excluding hydrogens is 599 g/mol. The Morgan fingerprint density at radius 1 is 0.396 bits per heavy atom. The Kier molecular flexibility index (Phi) is 7.27. The summed E-state index contributed by atoms with van der Waals surface area (Å²) in [5.41, 5.74) is 5.69. The third kappa shape index (κ3) is 4.55. The smallest absolute Gasteiger partial charge is 0.179 e. The van der Waals surface area contributed by atoms with Gasteiger partial charge >= 0.3 is 0 Å². The zero-order chi connectivity index (χ0) is 32.5. The van der Waals surface area contributed by atoms with E-state index in [2.05, 4.69) is 180 Å². The van der Waals surface area contributed by atoms with Crippen LogP contribution in [-0.2, 0) is 0 Å². The van der Waals surface area contributed by atoms with Crippen molar-refractivity contribution < 1.29 is 0 Å². The SMILES string of the molecule is N#Cc1cc([Si](c2ccccc2)(c2ccccc2)c2ccccc2)ccc1-c1cc(-n2c3ccccc3c3ccccc32)ccc1C#N. The Morgan fingerprint density at radius 3 is 1.38 bits per heavy atom. The number of nitrogens with zero attached hydrogens (tertiary/aromatic N) is 3. The van der Waals surface area contributed by atoms with E-state index in [1.807, 2.05) is 12.1 Å². The van der Waals surface area contributed by atoms with Gasteiger partial charge in [-0.2, -0.15) is 10.5 Å². The molecule has 8 rings (SSSR count). The van der Waals surface area contributed by atoms with Crippen molar-refractivity contribution in [3.05, 3.63) is 187 Å². The van der Waals surface area contributed by atoms with Crippen LogP contribution in [0, 0.1) is 22.7 Å². The molecule has 0 aliphatic heterocycles. The summed E-state index contributed by atoms with van der Waals surface area (Å²) in [4.78, 5) is 0. The molecule has 0 radical (unpaired) electrons. The lowest BCUT2D eigenvalue weighted by molar-refractivity contribution is 1.18. The minimum absolute atomic E-state index is 0.529. The van der Waals surface area contributed by atoms with Gasteiger partial charge in [0.15, 0.2) is 8.07 Å². The first-order chi connectivity index (χ1) is 23.7. The fraction of sp³-hybridized carbons (Fsp3) is 0. The third-order valence-electron chi connectivity index (χ3n) is 9.45. The van der Waals surface area contributed by atoms with Gasteiger partial charge in [-0.3, -0.25) is 0 Å². The number of aromatic nitrogens is 1. The Hall–Kier alpha value is -6.46. The summed E-state index contributed by atoms with van der Waals surface area (Å²) in [6, 6.07) is 66.0. The predicted octanol–water partition coefficient (Wildman–Crippen LogP) is 7.57. The first kappa shape index (κ1) is 29.0. The summed E-state index contributed by atoms with van der Waals surface area (Å²) in [7, 11) is -2.83. The molecule has 0 unspecified atom stereocenters. The lowest BCUT2D eigenvalue weighted by Crippen LogP contribution is -2.74. The van der Waals surface area contributed by atoms with Gasteiger partial charge in [-0.1, -0.05) is 140 Å². The minimum Gasteiger partial charge on any atom is -0.309 e. The highest BCUT2D eigenvalue weighted by Gasteiger charge is 2.41. The van der Waals surface area contributed by atoms with Crippen LogP contribution in [0.4, 0.5) is 0 Å². The lowest BCUT2D eigenvalue weighted by atomic mass is 9.95. The second-order valence-corrected chi connectivity index (χ2v) is 15.7. The highest BCUT2D eigenvalue weighted by atomic mass is 28.3. The molecule has 0 saturated heterocycles. The van der Waals surface area contributed by atoms with Crippen LogP contribution in [0.1, 0.15) is 11.1 Å². The Labute approximate surface area is 280 Å². The monoisotopic (exact) mass is 627 g/mol. The zero-order valence-corrected chi connectivity index (χ0v) is 27.1. The van der Waals surface area contributed by atoms with Crippen molar-refractivity contribution in [3.8, 4) is 29.0 Å². The second kappa shape index (κ2) is 12.0. The topological polar surface area (TPSA) is 52.5 Å². The molecule has 48 heavy (non-hydrogen) atoms. The largest absolute Gasteiger partial charge is 0.309 e. The molecule has 3 nitrogen and oxygen atoms in total. The van der Waals surface area contributed by atoms with Crippen LogP contribution in [0.15, 0.2) is 176 Å². The molecular formula is C44H29N3Si. The van der Waals surface area contributed by atoms with Crippen molar-refractivity contribution in [1.29, 1.82) is 10.5 Å². The van der Waals surface area contributed by atoms with Gasteiger partial charge in [-0.25, -0.2) is 0 Å². The van der Waals surface area contributed by atoms with Gasteiger partial charge in [0.25, 0.3) is 0 Å². The van der Waals surface area contributed by atoms with Crippen LogP contribution < -0.4 is 20.7 Å². The molecule has 0 N–H and O–H groups in total. The van der Waals surface area contributed by atoms with Gasteiger partial charge in [0.2, 0.25) is 0 Å². The number of rotatable bonds is 6. The van der Waals surface area contributed by atoms with E-state index in [-0.39, 0.29) is 0 Å². The van der Waals surface area contributed by atoms with E-state index in [1.54, 1.807) is 0 Å². The summed E-state index contributed by atoms with van der Waals surface area (Å²) < 4.78 is 2.24. The second-order valence-electron chi connectivity index (χ2n) is 11.9. The molecule has 224 valence electrons. The van der Waals surface area contributed by atoms with Crippen LogP contribution in [0.3, 0.4) is 0 Å². The maximum Gasteiger partial charge on any atom is 0.179 e. The molecule has 0 fully saturated rings. The molecule has 0 amide bonds. The van der Waals surface area contributed by atoms with Gasteiger partial charge in [0.1, 0.15) is 0 Å². The maximum absolute atomic E-state index is 10.8. The number of benzene rings is 7. The number of hydrogen-bond donors (Lipinski definition) is 0. The molecule has 0 aliphatic rings. The third-order valence-corrected chi connectivity index (χ3v) is 14.2. The first-order valence-electron chi connectivity index (χ1n) is 16.0. The zero-order valence-electron chi connectivity index (χ0n) is 26.1. The van der Waals surface area contributed by atoms with Crippen molar-refractivity contribution in [2.24, 2.45) is 0 Å².